The fourth-order valence-electron chi connectivity index (χ4n) is 4.90. The number of carbonyl (C=O) groups excluding carboxylic acids is 1. The van der Waals surface area contributed by atoms with E-state index >= 15 is 0 Å². The lowest BCUT2D eigenvalue weighted by atomic mass is 9.88. The first-order valence-corrected chi connectivity index (χ1v) is 14.2. The van der Waals surface area contributed by atoms with Crippen LogP contribution in [0.3, 0.4) is 0 Å². The Hall–Kier alpha value is -2.22. The first-order valence-electron chi connectivity index (χ1n) is 12.4. The molecule has 4 rings (SSSR count). The average Bonchev–Trinajstić information content (AvgIpc) is 2.91. The second-order valence-corrected chi connectivity index (χ2v) is 12.0. The molecule has 0 amide bonds. The van der Waals surface area contributed by atoms with Crippen LogP contribution < -0.4 is 0 Å². The van der Waals surface area contributed by atoms with Crippen LogP contribution >= 0.6 is 24.0 Å². The van der Waals surface area contributed by atoms with Gasteiger partial charge in [-0.3, -0.25) is 4.79 Å². The van der Waals surface area contributed by atoms with Crippen molar-refractivity contribution in [2.45, 2.75) is 30.1 Å². The second-order valence-electron chi connectivity index (χ2n) is 9.49. The molecule has 0 bridgehead atoms. The number of hydrogen-bond donors (Lipinski definition) is 0. The molecule has 3 aromatic rings. The van der Waals surface area contributed by atoms with E-state index in [1.165, 1.54) is 4.31 Å². The van der Waals surface area contributed by atoms with Gasteiger partial charge in [0.15, 0.2) is 5.78 Å². The van der Waals surface area contributed by atoms with Gasteiger partial charge >= 0.3 is 0 Å². The third-order valence-corrected chi connectivity index (χ3v) is 9.13. The SMILES string of the molecule is CN(CC(CCN1CCC(C(=O)c2ccccc2)CC1)c1cccc(Cl)c1)S(=O)(=O)c1ccccc1.Cl. The number of rotatable bonds is 10. The minimum absolute atomic E-state index is 0. The van der Waals surface area contributed by atoms with Gasteiger partial charge in [-0.1, -0.05) is 72.3 Å². The zero-order chi connectivity index (χ0) is 25.5. The summed E-state index contributed by atoms with van der Waals surface area (Å²) in [5.74, 6) is 0.296. The van der Waals surface area contributed by atoms with Gasteiger partial charge < -0.3 is 4.90 Å². The first-order chi connectivity index (χ1) is 17.3. The van der Waals surface area contributed by atoms with Crippen LogP contribution in [-0.4, -0.2) is 56.6 Å². The first kappa shape index (κ1) is 29.3. The molecule has 1 atom stereocenters. The summed E-state index contributed by atoms with van der Waals surface area (Å²) >= 11 is 6.28. The van der Waals surface area contributed by atoms with Crippen LogP contribution in [-0.2, 0) is 10.0 Å². The number of piperidine rings is 1. The van der Waals surface area contributed by atoms with Crippen molar-refractivity contribution in [2.24, 2.45) is 5.92 Å². The summed E-state index contributed by atoms with van der Waals surface area (Å²) in [7, 11) is -1.95. The summed E-state index contributed by atoms with van der Waals surface area (Å²) < 4.78 is 27.7. The summed E-state index contributed by atoms with van der Waals surface area (Å²) in [5.41, 5.74) is 1.83. The Kier molecular flexibility index (Phi) is 10.7. The molecule has 198 valence electrons. The molecule has 0 spiro atoms. The van der Waals surface area contributed by atoms with E-state index in [0.717, 1.165) is 50.0 Å². The van der Waals surface area contributed by atoms with E-state index in [1.54, 1.807) is 31.3 Å². The van der Waals surface area contributed by atoms with Crippen molar-refractivity contribution in [2.75, 3.05) is 33.2 Å². The van der Waals surface area contributed by atoms with E-state index in [0.29, 0.717) is 16.5 Å². The maximum absolute atomic E-state index is 13.1. The number of hydrogen-bond acceptors (Lipinski definition) is 4. The molecular weight excluding hydrogens is 527 g/mol. The molecular formula is C29H34Cl2N2O3S. The standard InChI is InChI=1S/C29H33ClN2O3S.ClH/c1-31(36(34,35)28-13-6-3-7-14-28)22-26(25-11-8-12-27(30)21-25)17-20-32-18-15-24(16-19-32)29(33)23-9-4-2-5-10-23;/h2-14,21,24,26H,15-20,22H2,1H3;1H. The maximum Gasteiger partial charge on any atom is 0.242 e. The normalized spacial score (nSPS) is 15.8. The predicted molar refractivity (Wildman–Crippen MR) is 152 cm³/mol. The molecule has 0 N–H and O–H groups in total. The second kappa shape index (κ2) is 13.5. The molecule has 37 heavy (non-hydrogen) atoms. The minimum Gasteiger partial charge on any atom is -0.303 e. The number of ketones is 1. The van der Waals surface area contributed by atoms with E-state index in [-0.39, 0.29) is 30.0 Å². The minimum atomic E-state index is -3.59. The number of likely N-dealkylation sites (N-methyl/N-ethyl adjacent to an activating group) is 1. The van der Waals surface area contributed by atoms with Crippen LogP contribution in [0.25, 0.3) is 0 Å². The molecule has 1 heterocycles. The summed E-state index contributed by atoms with van der Waals surface area (Å²) in [5, 5.41) is 0.645. The van der Waals surface area contributed by atoms with Crippen molar-refractivity contribution in [3.63, 3.8) is 0 Å². The molecule has 0 aliphatic carbocycles. The Morgan fingerprint density at radius 3 is 2.22 bits per heavy atom. The molecule has 1 saturated heterocycles. The number of nitrogens with zero attached hydrogens (tertiary/aromatic N) is 2. The van der Waals surface area contributed by atoms with Crippen molar-refractivity contribution in [3.8, 4) is 0 Å². The van der Waals surface area contributed by atoms with Gasteiger partial charge in [0.1, 0.15) is 0 Å². The Morgan fingerprint density at radius 2 is 1.59 bits per heavy atom. The Balaban J connectivity index is 0.00000380. The van der Waals surface area contributed by atoms with Gasteiger partial charge in [0.25, 0.3) is 0 Å². The van der Waals surface area contributed by atoms with Gasteiger partial charge in [0, 0.05) is 30.1 Å². The number of carbonyl (C=O) groups is 1. The van der Waals surface area contributed by atoms with Crippen molar-refractivity contribution in [1.82, 2.24) is 9.21 Å². The summed E-state index contributed by atoms with van der Waals surface area (Å²) in [4.78, 5) is 15.5. The van der Waals surface area contributed by atoms with Crippen LogP contribution in [0.4, 0.5) is 0 Å². The van der Waals surface area contributed by atoms with Crippen LogP contribution in [0.5, 0.6) is 0 Å². The molecule has 0 saturated carbocycles. The maximum atomic E-state index is 13.1. The lowest BCUT2D eigenvalue weighted by Crippen LogP contribution is -2.38. The highest BCUT2D eigenvalue weighted by Gasteiger charge is 2.28. The van der Waals surface area contributed by atoms with Gasteiger partial charge in [-0.15, -0.1) is 12.4 Å². The van der Waals surface area contributed by atoms with Crippen molar-refractivity contribution in [3.05, 3.63) is 101 Å². The van der Waals surface area contributed by atoms with E-state index in [9.17, 15) is 13.2 Å². The summed E-state index contributed by atoms with van der Waals surface area (Å²) in [6.07, 6.45) is 2.49. The molecule has 1 unspecified atom stereocenters. The number of benzene rings is 3. The van der Waals surface area contributed by atoms with Crippen molar-refractivity contribution >= 4 is 39.8 Å². The molecule has 1 aliphatic rings. The molecule has 1 fully saturated rings. The molecule has 1 aliphatic heterocycles. The van der Waals surface area contributed by atoms with E-state index in [4.69, 9.17) is 11.6 Å². The number of sulfonamides is 1. The zero-order valence-electron chi connectivity index (χ0n) is 21.0. The zero-order valence-corrected chi connectivity index (χ0v) is 23.4. The third-order valence-electron chi connectivity index (χ3n) is 7.06. The van der Waals surface area contributed by atoms with Crippen molar-refractivity contribution in [1.29, 1.82) is 0 Å². The van der Waals surface area contributed by atoms with Gasteiger partial charge in [-0.05, 0) is 74.6 Å². The lowest BCUT2D eigenvalue weighted by molar-refractivity contribution is 0.0837. The Morgan fingerprint density at radius 1 is 0.973 bits per heavy atom. The molecule has 3 aromatic carbocycles. The molecule has 5 nitrogen and oxygen atoms in total. The van der Waals surface area contributed by atoms with Gasteiger partial charge in [0.2, 0.25) is 10.0 Å². The highest BCUT2D eigenvalue weighted by atomic mass is 35.5. The fourth-order valence-corrected chi connectivity index (χ4v) is 6.34. The Labute approximate surface area is 231 Å². The molecule has 8 heteroatoms. The third kappa shape index (κ3) is 7.65. The largest absolute Gasteiger partial charge is 0.303 e. The highest BCUT2D eigenvalue weighted by Crippen LogP contribution is 2.28. The van der Waals surface area contributed by atoms with Gasteiger partial charge in [0.05, 0.1) is 4.90 Å². The topological polar surface area (TPSA) is 57.7 Å². The summed E-state index contributed by atoms with van der Waals surface area (Å²) in [6.45, 7) is 2.93. The average molecular weight is 562 g/mol. The van der Waals surface area contributed by atoms with Gasteiger partial charge in [-0.25, -0.2) is 12.7 Å². The smallest absolute Gasteiger partial charge is 0.242 e. The van der Waals surface area contributed by atoms with E-state index in [2.05, 4.69) is 4.90 Å². The van der Waals surface area contributed by atoms with Crippen LogP contribution in [0.15, 0.2) is 89.8 Å². The summed E-state index contributed by atoms with van der Waals surface area (Å²) in [6, 6.07) is 25.8. The Bertz CT molecular complexity index is 1250. The monoisotopic (exact) mass is 560 g/mol. The number of Topliss-reactive ketones (excluding diaryl/α,β-unsaturated/α-hetero) is 1. The van der Waals surface area contributed by atoms with E-state index in [1.807, 2.05) is 60.7 Å². The van der Waals surface area contributed by atoms with Crippen molar-refractivity contribution < 1.29 is 13.2 Å². The predicted octanol–water partition coefficient (Wildman–Crippen LogP) is 6.15. The van der Waals surface area contributed by atoms with E-state index < -0.39 is 10.0 Å². The highest BCUT2D eigenvalue weighted by molar-refractivity contribution is 7.89. The van der Waals surface area contributed by atoms with Gasteiger partial charge in [-0.2, -0.15) is 0 Å². The van der Waals surface area contributed by atoms with Crippen LogP contribution in [0.2, 0.25) is 5.02 Å². The van der Waals surface area contributed by atoms with Crippen LogP contribution in [0.1, 0.15) is 41.1 Å². The fraction of sp³-hybridized carbons (Fsp3) is 0.345. The molecule has 0 radical (unpaired) electrons. The van der Waals surface area contributed by atoms with Crippen LogP contribution in [0, 0.1) is 5.92 Å². The number of halogens is 2. The molecule has 0 aromatic heterocycles. The number of likely N-dealkylation sites (tertiary alicyclic amines) is 1. The lowest BCUT2D eigenvalue weighted by Gasteiger charge is -2.33. The quantitative estimate of drug-likeness (QED) is 0.279.